The summed E-state index contributed by atoms with van der Waals surface area (Å²) in [7, 11) is 1.54. The predicted octanol–water partition coefficient (Wildman–Crippen LogP) is 4.29. The molecule has 21 heavy (non-hydrogen) atoms. The lowest BCUT2D eigenvalue weighted by Crippen LogP contribution is -2.03. The van der Waals surface area contributed by atoms with E-state index in [1.165, 1.54) is 13.2 Å². The molecule has 0 fully saturated rings. The zero-order valence-corrected chi connectivity index (χ0v) is 13.7. The van der Waals surface area contributed by atoms with E-state index in [1.807, 2.05) is 6.07 Å². The Morgan fingerprint density at radius 1 is 1.29 bits per heavy atom. The average Bonchev–Trinajstić information content (AvgIpc) is 2.46. The van der Waals surface area contributed by atoms with Crippen LogP contribution in [0, 0.1) is 5.82 Å². The first kappa shape index (κ1) is 16.1. The van der Waals surface area contributed by atoms with Gasteiger partial charge in [0.2, 0.25) is 0 Å². The van der Waals surface area contributed by atoms with Gasteiger partial charge in [-0.3, -0.25) is 0 Å². The van der Waals surface area contributed by atoms with Crippen LogP contribution in [-0.4, -0.2) is 7.11 Å². The van der Waals surface area contributed by atoms with Crippen molar-refractivity contribution in [3.8, 4) is 11.5 Å². The van der Waals surface area contributed by atoms with E-state index in [9.17, 15) is 4.39 Å². The van der Waals surface area contributed by atoms with Gasteiger partial charge in [-0.2, -0.15) is 0 Å². The van der Waals surface area contributed by atoms with Crippen molar-refractivity contribution in [3.05, 3.63) is 56.8 Å². The molecule has 0 aliphatic carbocycles. The molecule has 6 heteroatoms. The molecule has 2 aromatic carbocycles. The number of nitrogens with two attached hydrogens (primary N) is 1. The van der Waals surface area contributed by atoms with Crippen LogP contribution < -0.4 is 15.2 Å². The van der Waals surface area contributed by atoms with Crippen LogP contribution in [0.25, 0.3) is 0 Å². The maximum Gasteiger partial charge on any atom is 0.175 e. The molecule has 0 spiro atoms. The summed E-state index contributed by atoms with van der Waals surface area (Å²) >= 11 is 9.13. The van der Waals surface area contributed by atoms with Crippen molar-refractivity contribution in [2.24, 2.45) is 5.73 Å². The van der Waals surface area contributed by atoms with Crippen molar-refractivity contribution in [2.45, 2.75) is 13.2 Å². The van der Waals surface area contributed by atoms with Crippen LogP contribution in [-0.2, 0) is 13.2 Å². The van der Waals surface area contributed by atoms with E-state index >= 15 is 0 Å². The number of hydrogen-bond acceptors (Lipinski definition) is 3. The van der Waals surface area contributed by atoms with E-state index in [-0.39, 0.29) is 6.61 Å². The minimum absolute atomic E-state index is 0.0694. The lowest BCUT2D eigenvalue weighted by molar-refractivity contribution is 0.277. The first-order valence-corrected chi connectivity index (χ1v) is 7.35. The second-order valence-corrected chi connectivity index (χ2v) is 5.63. The van der Waals surface area contributed by atoms with Gasteiger partial charge in [0.1, 0.15) is 12.4 Å². The molecule has 0 heterocycles. The van der Waals surface area contributed by atoms with E-state index in [1.54, 1.807) is 18.2 Å². The molecule has 3 nitrogen and oxygen atoms in total. The van der Waals surface area contributed by atoms with Gasteiger partial charge in [0.15, 0.2) is 11.5 Å². The summed E-state index contributed by atoms with van der Waals surface area (Å²) in [4.78, 5) is 0. The maximum atomic E-state index is 13.7. The van der Waals surface area contributed by atoms with Crippen LogP contribution in [0.2, 0.25) is 5.02 Å². The quantitative estimate of drug-likeness (QED) is 0.849. The summed E-state index contributed by atoms with van der Waals surface area (Å²) in [6, 6.07) is 8.10. The highest BCUT2D eigenvalue weighted by Crippen LogP contribution is 2.37. The minimum Gasteiger partial charge on any atom is -0.493 e. The van der Waals surface area contributed by atoms with E-state index in [0.29, 0.717) is 33.1 Å². The van der Waals surface area contributed by atoms with Gasteiger partial charge >= 0.3 is 0 Å². The molecule has 0 bridgehead atoms. The fourth-order valence-corrected chi connectivity index (χ4v) is 2.58. The second-order valence-electron chi connectivity index (χ2n) is 4.34. The Morgan fingerprint density at radius 3 is 2.67 bits per heavy atom. The number of rotatable bonds is 5. The molecule has 0 amide bonds. The van der Waals surface area contributed by atoms with E-state index in [2.05, 4.69) is 15.9 Å². The van der Waals surface area contributed by atoms with Gasteiger partial charge in [-0.05, 0) is 45.8 Å². The van der Waals surface area contributed by atoms with Gasteiger partial charge < -0.3 is 15.2 Å². The highest BCUT2D eigenvalue weighted by molar-refractivity contribution is 9.10. The van der Waals surface area contributed by atoms with Gasteiger partial charge in [0.25, 0.3) is 0 Å². The third-order valence-corrected chi connectivity index (χ3v) is 3.74. The number of benzene rings is 2. The van der Waals surface area contributed by atoms with Gasteiger partial charge in [-0.15, -0.1) is 0 Å². The third kappa shape index (κ3) is 3.87. The molecule has 112 valence electrons. The Balaban J connectivity index is 2.23. The fourth-order valence-electron chi connectivity index (χ4n) is 1.82. The molecule has 0 atom stereocenters. The van der Waals surface area contributed by atoms with Crippen molar-refractivity contribution in [1.29, 1.82) is 0 Å². The number of hydrogen-bond donors (Lipinski definition) is 1. The molecule has 2 N–H and O–H groups in total. The predicted molar refractivity (Wildman–Crippen MR) is 84.3 cm³/mol. The summed E-state index contributed by atoms with van der Waals surface area (Å²) < 4.78 is 25.4. The van der Waals surface area contributed by atoms with Crippen LogP contribution >= 0.6 is 27.5 Å². The summed E-state index contributed by atoms with van der Waals surface area (Å²) in [5, 5.41) is 0.349. The van der Waals surface area contributed by atoms with Crippen LogP contribution in [0.1, 0.15) is 11.1 Å². The molecule has 0 saturated carbocycles. The molecule has 0 saturated heterocycles. The molecule has 0 radical (unpaired) electrons. The van der Waals surface area contributed by atoms with Crippen molar-refractivity contribution in [3.63, 3.8) is 0 Å². The summed E-state index contributed by atoms with van der Waals surface area (Å²) in [5.41, 5.74) is 6.93. The van der Waals surface area contributed by atoms with Crippen molar-refractivity contribution in [1.82, 2.24) is 0 Å². The largest absolute Gasteiger partial charge is 0.493 e. The molecule has 2 rings (SSSR count). The number of ether oxygens (including phenoxy) is 2. The van der Waals surface area contributed by atoms with Crippen LogP contribution in [0.4, 0.5) is 4.39 Å². The van der Waals surface area contributed by atoms with Crippen molar-refractivity contribution >= 4 is 27.5 Å². The lowest BCUT2D eigenvalue weighted by Gasteiger charge is -2.14. The van der Waals surface area contributed by atoms with Crippen molar-refractivity contribution in [2.75, 3.05) is 7.11 Å². The van der Waals surface area contributed by atoms with Gasteiger partial charge in [-0.1, -0.05) is 17.7 Å². The summed E-state index contributed by atoms with van der Waals surface area (Å²) in [6.07, 6.45) is 0. The SMILES string of the molecule is COc1cc(CN)cc(Br)c1OCc1ccc(Cl)cc1F. The van der Waals surface area contributed by atoms with E-state index in [4.69, 9.17) is 26.8 Å². The van der Waals surface area contributed by atoms with Crippen LogP contribution in [0.15, 0.2) is 34.8 Å². The Hall–Kier alpha value is -1.30. The Labute approximate surface area is 135 Å². The molecule has 2 aromatic rings. The second kappa shape index (κ2) is 7.11. The Morgan fingerprint density at radius 2 is 2.05 bits per heavy atom. The zero-order valence-electron chi connectivity index (χ0n) is 11.3. The van der Waals surface area contributed by atoms with E-state index in [0.717, 1.165) is 5.56 Å². The molecule has 0 aliphatic heterocycles. The monoisotopic (exact) mass is 373 g/mol. The van der Waals surface area contributed by atoms with Gasteiger partial charge in [0.05, 0.1) is 11.6 Å². The maximum absolute atomic E-state index is 13.7. The van der Waals surface area contributed by atoms with Crippen LogP contribution in [0.3, 0.4) is 0 Å². The zero-order chi connectivity index (χ0) is 15.4. The minimum atomic E-state index is -0.406. The topological polar surface area (TPSA) is 44.5 Å². The van der Waals surface area contributed by atoms with Crippen molar-refractivity contribution < 1.29 is 13.9 Å². The highest BCUT2D eigenvalue weighted by atomic mass is 79.9. The van der Waals surface area contributed by atoms with Gasteiger partial charge in [-0.25, -0.2) is 4.39 Å². The van der Waals surface area contributed by atoms with Gasteiger partial charge in [0, 0.05) is 17.1 Å². The summed E-state index contributed by atoms with van der Waals surface area (Å²) in [5.74, 6) is 0.638. The highest BCUT2D eigenvalue weighted by Gasteiger charge is 2.12. The first-order chi connectivity index (χ1) is 10.0. The normalized spacial score (nSPS) is 10.5. The molecule has 0 aliphatic rings. The Kier molecular flexibility index (Phi) is 5.45. The van der Waals surface area contributed by atoms with E-state index < -0.39 is 5.82 Å². The standard InChI is InChI=1S/C15H14BrClFNO2/c1-20-14-5-9(7-19)4-12(16)15(14)21-8-10-2-3-11(17)6-13(10)18/h2-6H,7-8,19H2,1H3. The fraction of sp³-hybridized carbons (Fsp3) is 0.200. The molecule has 0 unspecified atom stereocenters. The molecular weight excluding hydrogens is 361 g/mol. The lowest BCUT2D eigenvalue weighted by atomic mass is 10.2. The average molecular weight is 375 g/mol. The summed E-state index contributed by atoms with van der Waals surface area (Å²) in [6.45, 7) is 0.459. The smallest absolute Gasteiger partial charge is 0.175 e. The third-order valence-electron chi connectivity index (χ3n) is 2.91. The molecule has 0 aromatic heterocycles. The van der Waals surface area contributed by atoms with Crippen LogP contribution in [0.5, 0.6) is 11.5 Å². The first-order valence-electron chi connectivity index (χ1n) is 6.18. The molecular formula is C15H14BrClFNO2. The Bertz CT molecular complexity index is 652. The number of halogens is 3. The number of methoxy groups -OCH3 is 1.